The van der Waals surface area contributed by atoms with E-state index in [0.717, 1.165) is 6.42 Å². The molecule has 8 heteroatoms. The predicted molar refractivity (Wildman–Crippen MR) is 138 cm³/mol. The fourth-order valence-electron chi connectivity index (χ4n) is 2.88. The molecule has 0 saturated carbocycles. The molecule has 1 aromatic rings. The lowest BCUT2D eigenvalue weighted by molar-refractivity contribution is -0.136. The molecular weight excluding hydrogens is 440 g/mol. The first-order valence-corrected chi connectivity index (χ1v) is 13.5. The van der Waals surface area contributed by atoms with Gasteiger partial charge in [0, 0.05) is 26.7 Å². The fourth-order valence-corrected chi connectivity index (χ4v) is 4.44. The molecular formula is C25H48N2O5S. The molecule has 0 saturated heterocycles. The van der Waals surface area contributed by atoms with Crippen LogP contribution in [0, 0.1) is 13.8 Å². The maximum atomic E-state index is 12.9. The van der Waals surface area contributed by atoms with Crippen LogP contribution in [0.5, 0.6) is 5.75 Å². The number of carbonyl (C=O) groups is 1. The van der Waals surface area contributed by atoms with Crippen LogP contribution in [0.3, 0.4) is 0 Å². The van der Waals surface area contributed by atoms with E-state index in [-0.39, 0.29) is 30.6 Å². The molecule has 7 nitrogen and oxygen atoms in total. The number of aryl methyl sites for hydroxylation is 2. The smallest absolute Gasteiger partial charge is 0.248 e. The largest absolute Gasteiger partial charge is 0.497 e. The molecule has 0 spiro atoms. The van der Waals surface area contributed by atoms with Gasteiger partial charge in [0.1, 0.15) is 12.4 Å². The molecule has 33 heavy (non-hydrogen) atoms. The van der Waals surface area contributed by atoms with Crippen LogP contribution < -0.4 is 4.74 Å². The summed E-state index contributed by atoms with van der Waals surface area (Å²) in [6.07, 6.45) is 3.53. The first-order chi connectivity index (χ1) is 15.6. The summed E-state index contributed by atoms with van der Waals surface area (Å²) in [6, 6.07) is 3.41. The first-order valence-electron chi connectivity index (χ1n) is 12.1. The normalized spacial score (nSPS) is 10.6. The molecule has 0 bridgehead atoms. The zero-order chi connectivity index (χ0) is 26.0. The van der Waals surface area contributed by atoms with E-state index in [9.17, 15) is 13.2 Å². The highest BCUT2D eigenvalue weighted by molar-refractivity contribution is 7.89. The molecule has 1 rings (SSSR count). The number of amides is 1. The number of carbonyl (C=O) groups excluding carboxylic acids is 1. The maximum Gasteiger partial charge on any atom is 0.248 e. The van der Waals surface area contributed by atoms with Gasteiger partial charge in [0.05, 0.1) is 18.6 Å². The molecule has 0 heterocycles. The van der Waals surface area contributed by atoms with Crippen molar-refractivity contribution in [3.8, 4) is 5.75 Å². The van der Waals surface area contributed by atoms with E-state index in [0.29, 0.717) is 30.0 Å². The Morgan fingerprint density at radius 3 is 1.85 bits per heavy atom. The molecule has 1 amide bonds. The van der Waals surface area contributed by atoms with Crippen molar-refractivity contribution in [2.75, 3.05) is 47.0 Å². The van der Waals surface area contributed by atoms with Gasteiger partial charge in [-0.3, -0.25) is 4.79 Å². The van der Waals surface area contributed by atoms with Gasteiger partial charge in [-0.05, 0) is 50.5 Å². The third-order valence-corrected chi connectivity index (χ3v) is 7.00. The minimum atomic E-state index is -3.65. The summed E-state index contributed by atoms with van der Waals surface area (Å²) in [6.45, 7) is 17.4. The van der Waals surface area contributed by atoms with Gasteiger partial charge in [0.25, 0.3) is 0 Å². The third-order valence-electron chi connectivity index (χ3n) is 4.84. The lowest BCUT2D eigenvalue weighted by Gasteiger charge is -2.22. The first kappa shape index (κ1) is 33.5. The van der Waals surface area contributed by atoms with Crippen LogP contribution in [0.15, 0.2) is 17.0 Å². The SMILES string of the molecule is CC.CCCC.CCCN(CC)C(=O)COCCN(C)S(=O)(=O)c1c(C)cc(OC)cc1C. The Morgan fingerprint density at radius 1 is 0.939 bits per heavy atom. The van der Waals surface area contributed by atoms with Crippen molar-refractivity contribution in [1.82, 2.24) is 9.21 Å². The van der Waals surface area contributed by atoms with E-state index in [4.69, 9.17) is 9.47 Å². The lowest BCUT2D eigenvalue weighted by Crippen LogP contribution is -2.36. The maximum absolute atomic E-state index is 12.9. The number of methoxy groups -OCH3 is 1. The second-order valence-electron chi connectivity index (χ2n) is 7.44. The Labute approximate surface area is 203 Å². The quantitative estimate of drug-likeness (QED) is 0.385. The fraction of sp³-hybridized carbons (Fsp3) is 0.720. The van der Waals surface area contributed by atoms with Crippen LogP contribution in [0.2, 0.25) is 0 Å². The van der Waals surface area contributed by atoms with Gasteiger partial charge < -0.3 is 14.4 Å². The van der Waals surface area contributed by atoms with E-state index >= 15 is 0 Å². The number of hydrogen-bond acceptors (Lipinski definition) is 5. The minimum Gasteiger partial charge on any atom is -0.497 e. The molecule has 0 unspecified atom stereocenters. The molecule has 0 aromatic heterocycles. The Balaban J connectivity index is 0. The number of hydrogen-bond donors (Lipinski definition) is 0. The van der Waals surface area contributed by atoms with Gasteiger partial charge in [-0.1, -0.05) is 47.5 Å². The summed E-state index contributed by atoms with van der Waals surface area (Å²) in [5, 5.41) is 0. The van der Waals surface area contributed by atoms with Gasteiger partial charge in [-0.25, -0.2) is 8.42 Å². The average molecular weight is 489 g/mol. The minimum absolute atomic E-state index is 0.0394. The van der Waals surface area contributed by atoms with Crippen molar-refractivity contribution in [3.05, 3.63) is 23.3 Å². The van der Waals surface area contributed by atoms with E-state index < -0.39 is 10.0 Å². The van der Waals surface area contributed by atoms with Crippen molar-refractivity contribution in [2.45, 2.75) is 79.5 Å². The average Bonchev–Trinajstić information content (AvgIpc) is 2.80. The Morgan fingerprint density at radius 2 is 1.45 bits per heavy atom. The monoisotopic (exact) mass is 488 g/mol. The van der Waals surface area contributed by atoms with Gasteiger partial charge in [-0.15, -0.1) is 0 Å². The topological polar surface area (TPSA) is 76.2 Å². The highest BCUT2D eigenvalue weighted by atomic mass is 32.2. The number of likely N-dealkylation sites (N-methyl/N-ethyl adjacent to an activating group) is 2. The summed E-state index contributed by atoms with van der Waals surface area (Å²) in [5.41, 5.74) is 1.26. The van der Waals surface area contributed by atoms with E-state index in [1.54, 1.807) is 38.0 Å². The number of sulfonamides is 1. The summed E-state index contributed by atoms with van der Waals surface area (Å²) < 4.78 is 37.6. The zero-order valence-electron chi connectivity index (χ0n) is 22.7. The van der Waals surface area contributed by atoms with Crippen molar-refractivity contribution in [3.63, 3.8) is 0 Å². The van der Waals surface area contributed by atoms with E-state index in [2.05, 4.69) is 13.8 Å². The molecule has 0 aliphatic rings. The highest BCUT2D eigenvalue weighted by Gasteiger charge is 2.25. The molecule has 0 radical (unpaired) electrons. The van der Waals surface area contributed by atoms with Crippen molar-refractivity contribution < 1.29 is 22.7 Å². The molecule has 0 atom stereocenters. The van der Waals surface area contributed by atoms with E-state index in [1.165, 1.54) is 24.2 Å². The molecule has 0 fully saturated rings. The van der Waals surface area contributed by atoms with Gasteiger partial charge in [-0.2, -0.15) is 4.31 Å². The lowest BCUT2D eigenvalue weighted by atomic mass is 10.1. The number of benzene rings is 1. The van der Waals surface area contributed by atoms with Crippen LogP contribution >= 0.6 is 0 Å². The van der Waals surface area contributed by atoms with E-state index in [1.807, 2.05) is 27.7 Å². The van der Waals surface area contributed by atoms with Crippen LogP contribution in [0.4, 0.5) is 0 Å². The number of nitrogens with zero attached hydrogens (tertiary/aromatic N) is 2. The summed E-state index contributed by atoms with van der Waals surface area (Å²) in [7, 11) is -0.591. The van der Waals surface area contributed by atoms with Crippen LogP contribution in [-0.2, 0) is 19.6 Å². The molecule has 0 aliphatic heterocycles. The summed E-state index contributed by atoms with van der Waals surface area (Å²) >= 11 is 0. The Bertz CT molecular complexity index is 741. The van der Waals surface area contributed by atoms with Crippen molar-refractivity contribution in [2.24, 2.45) is 0 Å². The Kier molecular flexibility index (Phi) is 19.1. The van der Waals surface area contributed by atoms with Crippen LogP contribution in [-0.4, -0.2) is 70.5 Å². The van der Waals surface area contributed by atoms with Crippen LogP contribution in [0.1, 0.15) is 71.9 Å². The predicted octanol–water partition coefficient (Wildman–Crippen LogP) is 5.04. The van der Waals surface area contributed by atoms with Crippen molar-refractivity contribution in [1.29, 1.82) is 0 Å². The highest BCUT2D eigenvalue weighted by Crippen LogP contribution is 2.27. The number of ether oxygens (including phenoxy) is 2. The van der Waals surface area contributed by atoms with Crippen LogP contribution in [0.25, 0.3) is 0 Å². The molecule has 1 aromatic carbocycles. The van der Waals surface area contributed by atoms with Gasteiger partial charge in [0.15, 0.2) is 0 Å². The number of unbranched alkanes of at least 4 members (excludes halogenated alkanes) is 1. The summed E-state index contributed by atoms with van der Waals surface area (Å²) in [5.74, 6) is 0.549. The standard InChI is InChI=1S/C19H32N2O5S.C4H10.C2H6/c1-7-9-21(8-2)18(22)14-26-11-10-20(5)27(23,24)19-15(3)12-17(25-6)13-16(19)4;1-3-4-2;1-2/h12-13H,7-11,14H2,1-6H3;3-4H2,1-2H3;1-2H3. The molecule has 194 valence electrons. The number of rotatable bonds is 12. The molecule has 0 aliphatic carbocycles. The molecule has 0 N–H and O–H groups in total. The second-order valence-corrected chi connectivity index (χ2v) is 9.42. The third kappa shape index (κ3) is 11.9. The second kappa shape index (κ2) is 18.7. The van der Waals surface area contributed by atoms with Crippen molar-refractivity contribution >= 4 is 15.9 Å². The van der Waals surface area contributed by atoms with Gasteiger partial charge >= 0.3 is 0 Å². The summed E-state index contributed by atoms with van der Waals surface area (Å²) in [4.78, 5) is 14.0. The zero-order valence-corrected chi connectivity index (χ0v) is 23.5. The van der Waals surface area contributed by atoms with Gasteiger partial charge in [0.2, 0.25) is 15.9 Å². The Hall–Kier alpha value is -1.64.